The lowest BCUT2D eigenvalue weighted by Gasteiger charge is -2.36. The molecular formula is C13H24O4. The molecule has 0 bridgehead atoms. The molecule has 0 radical (unpaired) electrons. The van der Waals surface area contributed by atoms with Gasteiger partial charge in [-0.15, -0.1) is 0 Å². The van der Waals surface area contributed by atoms with E-state index in [1.165, 1.54) is 12.8 Å². The zero-order valence-corrected chi connectivity index (χ0v) is 10.6. The van der Waals surface area contributed by atoms with E-state index in [1.54, 1.807) is 0 Å². The number of hydrogen-bond donors (Lipinski definition) is 1. The van der Waals surface area contributed by atoms with Crippen LogP contribution in [0.2, 0.25) is 0 Å². The van der Waals surface area contributed by atoms with Crippen molar-refractivity contribution < 1.29 is 19.3 Å². The fraction of sp³-hybridized carbons (Fsp3) is 1.00. The van der Waals surface area contributed by atoms with Gasteiger partial charge in [0.15, 0.2) is 0 Å². The number of aliphatic hydroxyl groups excluding tert-OH is 1. The summed E-state index contributed by atoms with van der Waals surface area (Å²) in [5.41, 5.74) is 0. The van der Waals surface area contributed by atoms with Crippen molar-refractivity contribution in [2.45, 2.75) is 44.8 Å². The summed E-state index contributed by atoms with van der Waals surface area (Å²) in [4.78, 5) is 0. The van der Waals surface area contributed by atoms with Crippen LogP contribution in [0.3, 0.4) is 0 Å². The SMILES string of the molecule is CCCC1CC2OCOC2CC1COCCO. The lowest BCUT2D eigenvalue weighted by molar-refractivity contribution is -0.0119. The summed E-state index contributed by atoms with van der Waals surface area (Å²) in [6, 6.07) is 0. The first kappa shape index (κ1) is 13.3. The highest BCUT2D eigenvalue weighted by Crippen LogP contribution is 2.38. The average Bonchev–Trinajstić information content (AvgIpc) is 2.77. The van der Waals surface area contributed by atoms with Gasteiger partial charge in [0.25, 0.3) is 0 Å². The van der Waals surface area contributed by atoms with E-state index in [-0.39, 0.29) is 12.7 Å². The second-order valence-electron chi connectivity index (χ2n) is 5.11. The molecular weight excluding hydrogens is 220 g/mol. The van der Waals surface area contributed by atoms with Gasteiger partial charge in [-0.1, -0.05) is 19.8 Å². The molecule has 2 aliphatic rings. The largest absolute Gasteiger partial charge is 0.394 e. The molecule has 1 saturated carbocycles. The maximum Gasteiger partial charge on any atom is 0.147 e. The molecule has 1 saturated heterocycles. The maximum atomic E-state index is 8.75. The highest BCUT2D eigenvalue weighted by atomic mass is 16.7. The Morgan fingerprint density at radius 3 is 2.53 bits per heavy atom. The van der Waals surface area contributed by atoms with Crippen LogP contribution < -0.4 is 0 Å². The second kappa shape index (κ2) is 6.69. The zero-order chi connectivity index (χ0) is 12.1. The van der Waals surface area contributed by atoms with Crippen LogP contribution in [0.15, 0.2) is 0 Å². The van der Waals surface area contributed by atoms with Crippen LogP contribution in [0, 0.1) is 11.8 Å². The quantitative estimate of drug-likeness (QED) is 0.720. The van der Waals surface area contributed by atoms with Gasteiger partial charge in [0.1, 0.15) is 6.79 Å². The van der Waals surface area contributed by atoms with E-state index < -0.39 is 0 Å². The average molecular weight is 244 g/mol. The monoisotopic (exact) mass is 244 g/mol. The maximum absolute atomic E-state index is 8.75. The van der Waals surface area contributed by atoms with Crippen LogP contribution in [0.4, 0.5) is 0 Å². The van der Waals surface area contributed by atoms with E-state index >= 15 is 0 Å². The Morgan fingerprint density at radius 1 is 1.18 bits per heavy atom. The first-order valence-corrected chi connectivity index (χ1v) is 6.77. The minimum Gasteiger partial charge on any atom is -0.394 e. The molecule has 0 aromatic carbocycles. The topological polar surface area (TPSA) is 47.9 Å². The van der Waals surface area contributed by atoms with Crippen molar-refractivity contribution in [3.8, 4) is 0 Å². The highest BCUT2D eigenvalue weighted by molar-refractivity contribution is 4.88. The lowest BCUT2D eigenvalue weighted by atomic mass is 9.75. The summed E-state index contributed by atoms with van der Waals surface area (Å²) < 4.78 is 16.7. The summed E-state index contributed by atoms with van der Waals surface area (Å²) in [5, 5.41) is 8.75. The Labute approximate surface area is 103 Å². The Kier molecular flexibility index (Phi) is 5.22. The number of hydrogen-bond acceptors (Lipinski definition) is 4. The second-order valence-corrected chi connectivity index (χ2v) is 5.11. The number of fused-ring (bicyclic) bond motifs is 1. The third-order valence-corrected chi connectivity index (χ3v) is 3.94. The summed E-state index contributed by atoms with van der Waals surface area (Å²) in [7, 11) is 0. The molecule has 2 rings (SSSR count). The molecule has 0 spiro atoms. The molecule has 4 heteroatoms. The van der Waals surface area contributed by atoms with Crippen LogP contribution in [0.5, 0.6) is 0 Å². The molecule has 1 aliphatic carbocycles. The van der Waals surface area contributed by atoms with Gasteiger partial charge in [-0.3, -0.25) is 0 Å². The van der Waals surface area contributed by atoms with Crippen LogP contribution >= 0.6 is 0 Å². The molecule has 17 heavy (non-hydrogen) atoms. The molecule has 0 aromatic heterocycles. The Balaban J connectivity index is 1.85. The third kappa shape index (κ3) is 3.41. The van der Waals surface area contributed by atoms with E-state index in [0.717, 1.165) is 19.4 Å². The minimum atomic E-state index is 0.108. The number of rotatable bonds is 6. The van der Waals surface area contributed by atoms with Gasteiger partial charge in [-0.25, -0.2) is 0 Å². The minimum absolute atomic E-state index is 0.108. The van der Waals surface area contributed by atoms with Crippen molar-refractivity contribution in [3.63, 3.8) is 0 Å². The Morgan fingerprint density at radius 2 is 1.88 bits per heavy atom. The van der Waals surface area contributed by atoms with Crippen LogP contribution in [-0.4, -0.2) is 43.9 Å². The standard InChI is InChI=1S/C13H24O4/c1-2-3-10-6-12-13(17-9-16-12)7-11(10)8-15-5-4-14/h10-14H,2-9H2,1H3. The predicted octanol–water partition coefficient (Wildman–Crippen LogP) is 1.56. The summed E-state index contributed by atoms with van der Waals surface area (Å²) in [6.45, 7) is 3.98. The smallest absolute Gasteiger partial charge is 0.147 e. The molecule has 1 heterocycles. The number of aliphatic hydroxyl groups is 1. The molecule has 1 N–H and O–H groups in total. The number of ether oxygens (including phenoxy) is 3. The van der Waals surface area contributed by atoms with Crippen LogP contribution in [-0.2, 0) is 14.2 Å². The lowest BCUT2D eigenvalue weighted by Crippen LogP contribution is -2.39. The van der Waals surface area contributed by atoms with Crippen molar-refractivity contribution in [1.29, 1.82) is 0 Å². The molecule has 0 amide bonds. The van der Waals surface area contributed by atoms with Crippen molar-refractivity contribution >= 4 is 0 Å². The van der Waals surface area contributed by atoms with Crippen molar-refractivity contribution in [2.24, 2.45) is 11.8 Å². The van der Waals surface area contributed by atoms with Gasteiger partial charge in [0.05, 0.1) is 25.4 Å². The van der Waals surface area contributed by atoms with Crippen LogP contribution in [0.25, 0.3) is 0 Å². The highest BCUT2D eigenvalue weighted by Gasteiger charge is 2.40. The molecule has 1 aliphatic heterocycles. The molecule has 4 unspecified atom stereocenters. The Hall–Kier alpha value is -0.160. The van der Waals surface area contributed by atoms with E-state index in [9.17, 15) is 0 Å². The predicted molar refractivity (Wildman–Crippen MR) is 63.6 cm³/mol. The van der Waals surface area contributed by atoms with E-state index in [2.05, 4.69) is 6.92 Å². The first-order chi connectivity index (χ1) is 8.35. The van der Waals surface area contributed by atoms with Gasteiger partial charge < -0.3 is 19.3 Å². The van der Waals surface area contributed by atoms with Gasteiger partial charge in [-0.2, -0.15) is 0 Å². The van der Waals surface area contributed by atoms with Gasteiger partial charge in [0.2, 0.25) is 0 Å². The molecule has 0 aromatic rings. The van der Waals surface area contributed by atoms with Crippen molar-refractivity contribution in [1.82, 2.24) is 0 Å². The van der Waals surface area contributed by atoms with E-state index in [4.69, 9.17) is 19.3 Å². The fourth-order valence-corrected chi connectivity index (χ4v) is 3.08. The third-order valence-electron chi connectivity index (χ3n) is 3.94. The van der Waals surface area contributed by atoms with E-state index in [1.807, 2.05) is 0 Å². The molecule has 4 atom stereocenters. The molecule has 100 valence electrons. The fourth-order valence-electron chi connectivity index (χ4n) is 3.08. The molecule has 2 fully saturated rings. The van der Waals surface area contributed by atoms with Crippen LogP contribution in [0.1, 0.15) is 32.6 Å². The normalized spacial score (nSPS) is 37.1. The van der Waals surface area contributed by atoms with Gasteiger partial charge in [0, 0.05) is 6.61 Å². The summed E-state index contributed by atoms with van der Waals surface area (Å²) >= 11 is 0. The zero-order valence-electron chi connectivity index (χ0n) is 10.6. The summed E-state index contributed by atoms with van der Waals surface area (Å²) in [5.74, 6) is 1.24. The Bertz CT molecular complexity index is 221. The van der Waals surface area contributed by atoms with Crippen molar-refractivity contribution in [2.75, 3.05) is 26.6 Å². The van der Waals surface area contributed by atoms with Gasteiger partial charge in [-0.05, 0) is 24.7 Å². The van der Waals surface area contributed by atoms with E-state index in [0.29, 0.717) is 31.3 Å². The molecule has 4 nitrogen and oxygen atoms in total. The summed E-state index contributed by atoms with van der Waals surface area (Å²) in [6.07, 6.45) is 5.16. The first-order valence-electron chi connectivity index (χ1n) is 6.77. The van der Waals surface area contributed by atoms with Crippen molar-refractivity contribution in [3.05, 3.63) is 0 Å². The van der Waals surface area contributed by atoms with Gasteiger partial charge >= 0.3 is 0 Å².